The molecule has 0 N–H and O–H groups in total. The molecule has 4 aromatic carbocycles. The summed E-state index contributed by atoms with van der Waals surface area (Å²) in [6.07, 6.45) is 20.3. The van der Waals surface area contributed by atoms with Gasteiger partial charge in [0.25, 0.3) is 0 Å². The first kappa shape index (κ1) is 44.2. The van der Waals surface area contributed by atoms with Crippen LogP contribution in [0.25, 0.3) is 44.5 Å². The molecule has 3 heteroatoms. The van der Waals surface area contributed by atoms with Gasteiger partial charge < -0.3 is 4.98 Å². The van der Waals surface area contributed by atoms with Crippen molar-refractivity contribution >= 4 is 10.9 Å². The number of aryl methyl sites for hydroxylation is 1. The normalized spacial score (nSPS) is 12.7. The maximum atomic E-state index is 5.09. The zero-order valence-electron chi connectivity index (χ0n) is 35.5. The van der Waals surface area contributed by atoms with Gasteiger partial charge in [-0.15, -0.1) is 64.7 Å². The second-order valence-electron chi connectivity index (χ2n) is 17.2. The number of nitrogens with zero attached hydrogens (tertiary/aromatic N) is 2. The Balaban J connectivity index is 0.000000374. The van der Waals surface area contributed by atoms with E-state index in [0.717, 1.165) is 28.0 Å². The molecule has 1 radical (unpaired) electrons. The summed E-state index contributed by atoms with van der Waals surface area (Å²) < 4.78 is 0. The quantitative estimate of drug-likeness (QED) is 0.0714. The molecule has 2 nitrogen and oxygen atoms in total. The van der Waals surface area contributed by atoms with E-state index in [1.54, 1.807) is 11.8 Å². The van der Waals surface area contributed by atoms with Crippen LogP contribution in [0.4, 0.5) is 0 Å². The minimum absolute atomic E-state index is 0. The first-order valence-corrected chi connectivity index (χ1v) is 21.7. The standard InChI is InChI=1S/C42H54N.C12H10N.Ir/c1-6-8-10-12-14-18-28-42(29-19-15-13-11-9-7-2)37-30-33(40-27-23-32-20-16-17-21-39(32)43-40)22-25-35(37)36-26-24-34(31-38(36)42)41(3,4)5;1-10-5-7-11(8-6-10)12-4-2-3-9-13-12;/h16-17,20-21,23-27,30-31H,6-15,18-19,28-29H2,1-5H3;2-7,9H,1H3;/q2*-1;. The van der Waals surface area contributed by atoms with Crippen molar-refractivity contribution in [3.8, 4) is 33.6 Å². The molecule has 0 spiro atoms. The third kappa shape index (κ3) is 11.2. The van der Waals surface area contributed by atoms with E-state index in [1.165, 1.54) is 123 Å². The molecular formula is C54H64IrN2-2. The molecule has 0 atom stereocenters. The second-order valence-corrected chi connectivity index (χ2v) is 17.2. The van der Waals surface area contributed by atoms with E-state index in [9.17, 15) is 0 Å². The number of pyridine rings is 2. The molecule has 0 amide bonds. The predicted molar refractivity (Wildman–Crippen MR) is 240 cm³/mol. The molecular weight excluding hydrogens is 869 g/mol. The van der Waals surface area contributed by atoms with Gasteiger partial charge in [-0.3, -0.25) is 4.98 Å². The number of para-hydroxylation sites is 1. The smallest absolute Gasteiger partial charge is 0.0595 e. The van der Waals surface area contributed by atoms with E-state index in [0.29, 0.717) is 0 Å². The van der Waals surface area contributed by atoms with Gasteiger partial charge in [-0.25, -0.2) is 0 Å². The summed E-state index contributed by atoms with van der Waals surface area (Å²) in [5.41, 5.74) is 14.0. The monoisotopic (exact) mass is 933 g/mol. The van der Waals surface area contributed by atoms with Crippen LogP contribution in [0, 0.1) is 19.1 Å². The van der Waals surface area contributed by atoms with Crippen LogP contribution in [0.2, 0.25) is 0 Å². The maximum absolute atomic E-state index is 5.09. The zero-order chi connectivity index (χ0) is 39.4. The maximum Gasteiger partial charge on any atom is 0.0595 e. The van der Waals surface area contributed by atoms with Crippen molar-refractivity contribution in [3.05, 3.63) is 144 Å². The number of aromatic nitrogens is 2. The van der Waals surface area contributed by atoms with Crippen molar-refractivity contribution < 1.29 is 20.1 Å². The fourth-order valence-electron chi connectivity index (χ4n) is 8.52. The van der Waals surface area contributed by atoms with Crippen LogP contribution >= 0.6 is 0 Å². The van der Waals surface area contributed by atoms with Gasteiger partial charge in [0.15, 0.2) is 0 Å². The van der Waals surface area contributed by atoms with Crippen molar-refractivity contribution in [2.75, 3.05) is 0 Å². The van der Waals surface area contributed by atoms with Crippen LogP contribution in [-0.4, -0.2) is 9.97 Å². The van der Waals surface area contributed by atoms with Crippen LogP contribution in [0.15, 0.2) is 109 Å². The van der Waals surface area contributed by atoms with Gasteiger partial charge in [0, 0.05) is 31.7 Å². The molecule has 2 heterocycles. The van der Waals surface area contributed by atoms with Crippen LogP contribution in [0.5, 0.6) is 0 Å². The van der Waals surface area contributed by atoms with Gasteiger partial charge >= 0.3 is 0 Å². The third-order valence-corrected chi connectivity index (χ3v) is 11.9. The SMILES string of the molecule is CCCCCCCCC1(CCCCCCCC)c2cc(-c3ccc4ccccc4n3)[c-]cc2-c2ccc(C(C)(C)C)cc21.Cc1c[c-]c(-c2ccccn2)cc1.[Ir]. The van der Waals surface area contributed by atoms with E-state index in [1.807, 2.05) is 30.3 Å². The fraction of sp³-hybridized carbons (Fsp3) is 0.407. The third-order valence-electron chi connectivity index (χ3n) is 11.9. The number of hydrogen-bond acceptors (Lipinski definition) is 2. The molecule has 57 heavy (non-hydrogen) atoms. The Bertz CT molecular complexity index is 2110. The minimum atomic E-state index is 0. The molecule has 301 valence electrons. The summed E-state index contributed by atoms with van der Waals surface area (Å²) in [4.78, 5) is 9.34. The van der Waals surface area contributed by atoms with Crippen LogP contribution < -0.4 is 0 Å². The van der Waals surface area contributed by atoms with E-state index in [4.69, 9.17) is 4.98 Å². The Morgan fingerprint density at radius 2 is 1.23 bits per heavy atom. The molecule has 1 aliphatic rings. The fourth-order valence-corrected chi connectivity index (χ4v) is 8.52. The van der Waals surface area contributed by atoms with Crippen molar-refractivity contribution in [3.63, 3.8) is 0 Å². The van der Waals surface area contributed by atoms with E-state index in [2.05, 4.69) is 131 Å². The molecule has 0 saturated carbocycles. The van der Waals surface area contributed by atoms with E-state index < -0.39 is 0 Å². The van der Waals surface area contributed by atoms with Gasteiger partial charge in [0.2, 0.25) is 0 Å². The topological polar surface area (TPSA) is 25.8 Å². The molecule has 6 aromatic rings. The zero-order valence-corrected chi connectivity index (χ0v) is 37.9. The Hall–Kier alpha value is -3.91. The Labute approximate surface area is 358 Å². The largest absolute Gasteiger partial charge is 0.305 e. The summed E-state index contributed by atoms with van der Waals surface area (Å²) in [7, 11) is 0. The van der Waals surface area contributed by atoms with Crippen LogP contribution in [-0.2, 0) is 30.9 Å². The van der Waals surface area contributed by atoms with Crippen molar-refractivity contribution in [2.24, 2.45) is 0 Å². The summed E-state index contributed by atoms with van der Waals surface area (Å²) >= 11 is 0. The van der Waals surface area contributed by atoms with Gasteiger partial charge in [0.05, 0.1) is 5.52 Å². The molecule has 0 saturated heterocycles. The second kappa shape index (κ2) is 21.2. The Kier molecular flexibility index (Phi) is 16.4. The van der Waals surface area contributed by atoms with Crippen molar-refractivity contribution in [1.29, 1.82) is 0 Å². The average molecular weight is 933 g/mol. The molecule has 0 bridgehead atoms. The number of fused-ring (bicyclic) bond motifs is 4. The van der Waals surface area contributed by atoms with E-state index >= 15 is 0 Å². The first-order chi connectivity index (χ1) is 27.2. The van der Waals surface area contributed by atoms with Gasteiger partial charge in [-0.2, -0.15) is 0 Å². The molecule has 2 aromatic heterocycles. The summed E-state index contributed by atoms with van der Waals surface area (Å²) in [5.74, 6) is 0. The Morgan fingerprint density at radius 3 is 1.88 bits per heavy atom. The molecule has 1 aliphatic carbocycles. The van der Waals surface area contributed by atoms with Gasteiger partial charge in [-0.05, 0) is 58.3 Å². The average Bonchev–Trinajstić information content (AvgIpc) is 3.49. The molecule has 0 aliphatic heterocycles. The number of rotatable bonds is 16. The van der Waals surface area contributed by atoms with Gasteiger partial charge in [-0.1, -0.05) is 190 Å². The minimum Gasteiger partial charge on any atom is -0.305 e. The summed E-state index contributed by atoms with van der Waals surface area (Å²) in [6, 6.07) is 43.9. The summed E-state index contributed by atoms with van der Waals surface area (Å²) in [6.45, 7) is 13.8. The molecule has 7 rings (SSSR count). The number of unbranched alkanes of at least 4 members (excludes halogenated alkanes) is 10. The first-order valence-electron chi connectivity index (χ1n) is 21.7. The summed E-state index contributed by atoms with van der Waals surface area (Å²) in [5, 5.41) is 1.19. The number of benzene rings is 4. The van der Waals surface area contributed by atoms with Crippen LogP contribution in [0.1, 0.15) is 147 Å². The van der Waals surface area contributed by atoms with Crippen molar-refractivity contribution in [1.82, 2.24) is 9.97 Å². The van der Waals surface area contributed by atoms with Crippen LogP contribution in [0.3, 0.4) is 0 Å². The van der Waals surface area contributed by atoms with Crippen molar-refractivity contribution in [2.45, 2.75) is 142 Å². The molecule has 0 fully saturated rings. The van der Waals surface area contributed by atoms with Gasteiger partial charge in [0.1, 0.15) is 0 Å². The Morgan fingerprint density at radius 1 is 0.579 bits per heavy atom. The molecule has 0 unspecified atom stereocenters. The number of hydrogen-bond donors (Lipinski definition) is 0. The predicted octanol–water partition coefficient (Wildman–Crippen LogP) is 15.6. The van der Waals surface area contributed by atoms with E-state index in [-0.39, 0.29) is 30.9 Å².